The molecule has 0 saturated heterocycles. The Morgan fingerprint density at radius 3 is 2.42 bits per heavy atom. The standard InChI is InChI=1S/C27H27BrN4O/c1-16(2)22-15-21(28)10-11-23(22)29-27(33)25-30-26(20-8-6-7-17(3)14-20)32(31-25)24-12-9-18(4)13-19(24)5/h6-16H,1-5H3,(H,29,33). The van der Waals surface area contributed by atoms with E-state index in [1.165, 1.54) is 5.56 Å². The van der Waals surface area contributed by atoms with E-state index in [9.17, 15) is 4.79 Å². The Morgan fingerprint density at radius 1 is 0.970 bits per heavy atom. The minimum atomic E-state index is -0.336. The lowest BCUT2D eigenvalue weighted by molar-refractivity contribution is 0.101. The minimum absolute atomic E-state index is 0.129. The molecule has 1 N–H and O–H groups in total. The number of halogens is 1. The van der Waals surface area contributed by atoms with Crippen LogP contribution in [0.25, 0.3) is 17.1 Å². The molecule has 0 fully saturated rings. The Balaban J connectivity index is 1.79. The summed E-state index contributed by atoms with van der Waals surface area (Å²) in [6.07, 6.45) is 0. The summed E-state index contributed by atoms with van der Waals surface area (Å²) >= 11 is 3.52. The second-order valence-electron chi connectivity index (χ2n) is 8.67. The second-order valence-corrected chi connectivity index (χ2v) is 9.59. The van der Waals surface area contributed by atoms with E-state index in [0.29, 0.717) is 5.82 Å². The lowest BCUT2D eigenvalue weighted by Gasteiger charge is -2.13. The molecule has 33 heavy (non-hydrogen) atoms. The van der Waals surface area contributed by atoms with E-state index in [1.807, 2.05) is 62.4 Å². The average Bonchev–Trinajstić information content (AvgIpc) is 3.20. The Bertz CT molecular complexity index is 1340. The topological polar surface area (TPSA) is 59.8 Å². The molecule has 0 bridgehead atoms. The first kappa shape index (κ1) is 22.9. The number of carbonyl (C=O) groups is 1. The van der Waals surface area contributed by atoms with Crippen LogP contribution in [-0.4, -0.2) is 20.7 Å². The van der Waals surface area contributed by atoms with Gasteiger partial charge >= 0.3 is 0 Å². The van der Waals surface area contributed by atoms with Crippen LogP contribution in [0, 0.1) is 20.8 Å². The molecule has 0 aliphatic rings. The number of aromatic nitrogens is 3. The Labute approximate surface area is 203 Å². The maximum absolute atomic E-state index is 13.2. The fourth-order valence-electron chi connectivity index (χ4n) is 3.89. The molecule has 0 aliphatic carbocycles. The van der Waals surface area contributed by atoms with Gasteiger partial charge in [-0.05, 0) is 68.1 Å². The molecule has 0 atom stereocenters. The summed E-state index contributed by atoms with van der Waals surface area (Å²) in [5.41, 5.74) is 6.97. The smallest absolute Gasteiger partial charge is 0.295 e. The SMILES string of the molecule is Cc1cccc(-c2nc(C(=O)Nc3ccc(Br)cc3C(C)C)nn2-c2ccc(C)cc2C)c1. The Kier molecular flexibility index (Phi) is 6.47. The van der Waals surface area contributed by atoms with Gasteiger partial charge in [0.05, 0.1) is 5.69 Å². The highest BCUT2D eigenvalue weighted by atomic mass is 79.9. The van der Waals surface area contributed by atoms with Crippen LogP contribution < -0.4 is 5.32 Å². The third-order valence-corrected chi connectivity index (χ3v) is 6.04. The summed E-state index contributed by atoms with van der Waals surface area (Å²) in [5, 5.41) is 7.67. The van der Waals surface area contributed by atoms with Gasteiger partial charge in [0.15, 0.2) is 5.82 Å². The zero-order valence-corrected chi connectivity index (χ0v) is 21.1. The van der Waals surface area contributed by atoms with Crippen molar-refractivity contribution in [3.8, 4) is 17.1 Å². The van der Waals surface area contributed by atoms with Crippen LogP contribution in [0.3, 0.4) is 0 Å². The Morgan fingerprint density at radius 2 is 1.73 bits per heavy atom. The number of rotatable bonds is 5. The molecule has 0 radical (unpaired) electrons. The number of nitrogens with one attached hydrogen (secondary N) is 1. The highest BCUT2D eigenvalue weighted by molar-refractivity contribution is 9.10. The number of nitrogens with zero attached hydrogens (tertiary/aromatic N) is 3. The maximum Gasteiger partial charge on any atom is 0.295 e. The van der Waals surface area contributed by atoms with E-state index in [-0.39, 0.29) is 17.6 Å². The number of hydrogen-bond acceptors (Lipinski definition) is 3. The van der Waals surface area contributed by atoms with Crippen LogP contribution >= 0.6 is 15.9 Å². The minimum Gasteiger partial charge on any atom is -0.319 e. The van der Waals surface area contributed by atoms with Crippen molar-refractivity contribution in [2.45, 2.75) is 40.5 Å². The molecule has 5 nitrogen and oxygen atoms in total. The third-order valence-electron chi connectivity index (χ3n) is 5.55. The highest BCUT2D eigenvalue weighted by Crippen LogP contribution is 2.29. The molecule has 4 aromatic rings. The lowest BCUT2D eigenvalue weighted by atomic mass is 10.0. The maximum atomic E-state index is 13.2. The van der Waals surface area contributed by atoms with E-state index in [0.717, 1.165) is 38.1 Å². The molecule has 0 aliphatic heterocycles. The van der Waals surface area contributed by atoms with Crippen LogP contribution in [0.2, 0.25) is 0 Å². The number of anilines is 1. The monoisotopic (exact) mass is 502 g/mol. The first-order valence-corrected chi connectivity index (χ1v) is 11.7. The van der Waals surface area contributed by atoms with E-state index < -0.39 is 0 Å². The quantitative estimate of drug-likeness (QED) is 0.319. The molecule has 1 aromatic heterocycles. The van der Waals surface area contributed by atoms with Gasteiger partial charge in [-0.3, -0.25) is 4.79 Å². The molecular weight excluding hydrogens is 476 g/mol. The first-order chi connectivity index (χ1) is 15.7. The van der Waals surface area contributed by atoms with Crippen molar-refractivity contribution in [3.63, 3.8) is 0 Å². The number of carbonyl (C=O) groups excluding carboxylic acids is 1. The van der Waals surface area contributed by atoms with Crippen LogP contribution in [0.4, 0.5) is 5.69 Å². The van der Waals surface area contributed by atoms with Gasteiger partial charge < -0.3 is 5.32 Å². The highest BCUT2D eigenvalue weighted by Gasteiger charge is 2.21. The van der Waals surface area contributed by atoms with Gasteiger partial charge in [-0.25, -0.2) is 9.67 Å². The van der Waals surface area contributed by atoms with Crippen LogP contribution in [0.1, 0.15) is 52.6 Å². The largest absolute Gasteiger partial charge is 0.319 e. The van der Waals surface area contributed by atoms with Crippen molar-refractivity contribution in [1.29, 1.82) is 0 Å². The molecule has 0 spiro atoms. The average molecular weight is 503 g/mol. The van der Waals surface area contributed by atoms with Crippen molar-refractivity contribution in [2.24, 2.45) is 0 Å². The zero-order valence-electron chi connectivity index (χ0n) is 19.5. The first-order valence-electron chi connectivity index (χ1n) is 11.0. The predicted molar refractivity (Wildman–Crippen MR) is 137 cm³/mol. The van der Waals surface area contributed by atoms with Crippen molar-refractivity contribution in [2.75, 3.05) is 5.32 Å². The predicted octanol–water partition coefficient (Wildman–Crippen LogP) is 7.00. The number of amides is 1. The molecule has 4 rings (SSSR count). The van der Waals surface area contributed by atoms with Crippen LogP contribution in [-0.2, 0) is 0 Å². The summed E-state index contributed by atoms with van der Waals surface area (Å²) in [6.45, 7) is 10.3. The van der Waals surface area contributed by atoms with Gasteiger partial charge in [-0.1, -0.05) is 71.2 Å². The zero-order chi connectivity index (χ0) is 23.7. The van der Waals surface area contributed by atoms with Crippen LogP contribution in [0.5, 0.6) is 0 Å². The van der Waals surface area contributed by atoms with Crippen molar-refractivity contribution < 1.29 is 4.79 Å². The normalized spacial score (nSPS) is 11.1. The van der Waals surface area contributed by atoms with E-state index in [4.69, 9.17) is 0 Å². The summed E-state index contributed by atoms with van der Waals surface area (Å²) in [6, 6.07) is 20.1. The van der Waals surface area contributed by atoms with Gasteiger partial charge in [0.25, 0.3) is 5.91 Å². The second kappa shape index (κ2) is 9.32. The van der Waals surface area contributed by atoms with Gasteiger partial charge in [0, 0.05) is 15.7 Å². The molecule has 0 saturated carbocycles. The molecule has 1 heterocycles. The summed E-state index contributed by atoms with van der Waals surface area (Å²) in [7, 11) is 0. The number of hydrogen-bond donors (Lipinski definition) is 1. The van der Waals surface area contributed by atoms with Crippen LogP contribution in [0.15, 0.2) is 65.1 Å². The Hall–Kier alpha value is -3.25. The lowest BCUT2D eigenvalue weighted by Crippen LogP contribution is -2.16. The van der Waals surface area contributed by atoms with Crippen molar-refractivity contribution in [3.05, 3.63) is 93.2 Å². The summed E-state index contributed by atoms with van der Waals surface area (Å²) in [5.74, 6) is 0.679. The van der Waals surface area contributed by atoms with E-state index in [2.05, 4.69) is 64.2 Å². The van der Waals surface area contributed by atoms with Gasteiger partial charge in [-0.2, -0.15) is 0 Å². The number of benzene rings is 3. The van der Waals surface area contributed by atoms with Crippen molar-refractivity contribution in [1.82, 2.24) is 14.8 Å². The van der Waals surface area contributed by atoms with E-state index >= 15 is 0 Å². The molecule has 1 amide bonds. The van der Waals surface area contributed by atoms with E-state index in [1.54, 1.807) is 4.68 Å². The fraction of sp³-hybridized carbons (Fsp3) is 0.222. The van der Waals surface area contributed by atoms with Gasteiger partial charge in [0.1, 0.15) is 0 Å². The number of aryl methyl sites for hydroxylation is 3. The third kappa shape index (κ3) is 4.91. The fourth-order valence-corrected chi connectivity index (χ4v) is 4.27. The summed E-state index contributed by atoms with van der Waals surface area (Å²) < 4.78 is 2.74. The van der Waals surface area contributed by atoms with Gasteiger partial charge in [-0.15, -0.1) is 5.10 Å². The van der Waals surface area contributed by atoms with Gasteiger partial charge in [0.2, 0.25) is 5.82 Å². The molecule has 168 valence electrons. The molecule has 6 heteroatoms. The molecular formula is C27H27BrN4O. The van der Waals surface area contributed by atoms with Crippen molar-refractivity contribution >= 4 is 27.5 Å². The summed E-state index contributed by atoms with van der Waals surface area (Å²) in [4.78, 5) is 17.9. The molecule has 3 aromatic carbocycles. The molecule has 0 unspecified atom stereocenters.